The van der Waals surface area contributed by atoms with Gasteiger partial charge in [-0.25, -0.2) is 4.98 Å². The third-order valence-corrected chi connectivity index (χ3v) is 13.3. The Hall–Kier alpha value is -8.35. The number of aromatic nitrogens is 5. The van der Waals surface area contributed by atoms with Crippen molar-refractivity contribution in [2.24, 2.45) is 5.92 Å². The van der Waals surface area contributed by atoms with E-state index in [1.54, 1.807) is 0 Å². The molecule has 0 radical (unpaired) electrons. The lowest BCUT2D eigenvalue weighted by Crippen LogP contribution is -2.13. The lowest BCUT2D eigenvalue weighted by molar-refractivity contribution is 0.666. The van der Waals surface area contributed by atoms with Gasteiger partial charge in [0, 0.05) is 55.3 Å². The molecule has 2 unspecified atom stereocenters. The van der Waals surface area contributed by atoms with Gasteiger partial charge in [0.05, 0.1) is 27.8 Å². The molecule has 2 aliphatic rings. The molecule has 0 amide bonds. The summed E-state index contributed by atoms with van der Waals surface area (Å²) in [4.78, 5) is 16.0. The summed E-state index contributed by atoms with van der Waals surface area (Å²) in [5.74, 6) is 2.51. The van der Waals surface area contributed by atoms with Gasteiger partial charge in [0.1, 0.15) is 5.58 Å². The number of furan rings is 1. The molecule has 0 N–H and O–H groups in total. The van der Waals surface area contributed by atoms with Crippen LogP contribution >= 0.6 is 0 Å². The zero-order valence-corrected chi connectivity index (χ0v) is 33.9. The van der Waals surface area contributed by atoms with E-state index in [9.17, 15) is 0 Å². The molecule has 6 heteroatoms. The summed E-state index contributed by atoms with van der Waals surface area (Å²) >= 11 is 0. The summed E-state index contributed by atoms with van der Waals surface area (Å²) in [6.45, 7) is 0. The second-order valence-corrected chi connectivity index (χ2v) is 16.7. The van der Waals surface area contributed by atoms with Gasteiger partial charge in [-0.1, -0.05) is 158 Å². The largest absolute Gasteiger partial charge is 0.454 e. The van der Waals surface area contributed by atoms with Crippen LogP contribution in [-0.2, 0) is 0 Å². The normalized spacial score (nSPS) is 15.7. The topological polar surface area (TPSA) is 61.7 Å². The number of allylic oxidation sites excluding steroid dienone is 5. The average molecular weight is 806 g/mol. The summed E-state index contributed by atoms with van der Waals surface area (Å²) in [5, 5.41) is 9.16. The highest BCUT2D eigenvalue weighted by atomic mass is 16.3. The van der Waals surface area contributed by atoms with E-state index in [2.05, 4.69) is 197 Å². The predicted molar refractivity (Wildman–Crippen MR) is 258 cm³/mol. The van der Waals surface area contributed by atoms with Crippen molar-refractivity contribution >= 4 is 82.4 Å². The molecule has 12 aromatic rings. The van der Waals surface area contributed by atoms with E-state index in [4.69, 9.17) is 19.4 Å². The van der Waals surface area contributed by atoms with Gasteiger partial charge in [0.25, 0.3) is 0 Å². The molecule has 0 spiro atoms. The van der Waals surface area contributed by atoms with Gasteiger partial charge in [-0.3, -0.25) is 4.57 Å². The first-order valence-electron chi connectivity index (χ1n) is 21.5. The Kier molecular flexibility index (Phi) is 7.13. The number of rotatable bonds is 4. The summed E-state index contributed by atoms with van der Waals surface area (Å²) in [6.07, 6.45) is 13.6. The molecule has 0 saturated carbocycles. The third kappa shape index (κ3) is 5.03. The van der Waals surface area contributed by atoms with Crippen molar-refractivity contribution in [2.75, 3.05) is 0 Å². The van der Waals surface area contributed by atoms with Crippen molar-refractivity contribution in [2.45, 2.75) is 5.92 Å². The smallest absolute Gasteiger partial charge is 0.238 e. The monoisotopic (exact) mass is 805 g/mol. The maximum absolute atomic E-state index is 6.63. The minimum absolute atomic E-state index is 0.349. The predicted octanol–water partition coefficient (Wildman–Crippen LogP) is 14.3. The van der Waals surface area contributed by atoms with E-state index in [0.29, 0.717) is 29.4 Å². The van der Waals surface area contributed by atoms with Crippen LogP contribution in [0.4, 0.5) is 0 Å². The minimum atomic E-state index is 0.349. The first-order chi connectivity index (χ1) is 31.2. The molecular formula is C57H35N5O. The zero-order chi connectivity index (χ0) is 41.2. The van der Waals surface area contributed by atoms with Gasteiger partial charge in [-0.05, 0) is 64.4 Å². The van der Waals surface area contributed by atoms with Crippen molar-refractivity contribution in [3.05, 3.63) is 205 Å². The molecule has 0 saturated heterocycles. The van der Waals surface area contributed by atoms with E-state index in [0.717, 1.165) is 87.8 Å². The van der Waals surface area contributed by atoms with Crippen LogP contribution in [-0.4, -0.2) is 24.1 Å². The molecule has 6 nitrogen and oxygen atoms in total. The van der Waals surface area contributed by atoms with Crippen LogP contribution in [0.3, 0.4) is 0 Å². The highest BCUT2D eigenvalue weighted by molar-refractivity contribution is 6.13. The molecule has 8 aromatic carbocycles. The fourth-order valence-electron chi connectivity index (χ4n) is 10.5. The highest BCUT2D eigenvalue weighted by Gasteiger charge is 2.26. The summed E-state index contributed by atoms with van der Waals surface area (Å²) in [7, 11) is 0. The number of benzene rings is 8. The lowest BCUT2D eigenvalue weighted by atomic mass is 9.76. The van der Waals surface area contributed by atoms with Gasteiger partial charge < -0.3 is 8.98 Å². The second kappa shape index (κ2) is 13.1. The van der Waals surface area contributed by atoms with Gasteiger partial charge in [-0.2, -0.15) is 9.97 Å². The Bertz CT molecular complexity index is 3950. The number of hydrogen-bond acceptors (Lipinski definition) is 4. The standard InChI is InChI=1S/C57H35N5O/c1-2-13-38-34(12-1)24-29-41-39-28-26-36(32-35(39)25-30-40(38)41)55-58-56(60-57(59-55)62-49-20-8-4-14-42(49)43-15-5-9-21-50(43)62)37-27-31-45-44-16-3-7-19-48(44)61(52(45)33-37)51-22-11-18-47-46-17-6-10-23-53(46)63-54(47)51/h1-34,38H. The van der Waals surface area contributed by atoms with Crippen LogP contribution in [0.25, 0.3) is 117 Å². The first kappa shape index (κ1) is 34.4. The van der Waals surface area contributed by atoms with Crippen molar-refractivity contribution in [1.82, 2.24) is 24.1 Å². The fraction of sp³-hybridized carbons (Fsp3) is 0.0351. The van der Waals surface area contributed by atoms with Crippen molar-refractivity contribution in [1.29, 1.82) is 0 Å². The maximum Gasteiger partial charge on any atom is 0.238 e. The SMILES string of the molecule is C1=CC2C=Cc3c(ccc4cc(-c5nc(-c6ccc7c8ccccc8n(-c8cccc9c8oc8ccccc89)c7c6)nc(-n6c7ccccc7c7ccccc76)n5)ccc34)C2C=C1. The van der Waals surface area contributed by atoms with Gasteiger partial charge in [0.2, 0.25) is 5.95 Å². The Morgan fingerprint density at radius 2 is 1.06 bits per heavy atom. The summed E-state index contributed by atoms with van der Waals surface area (Å²) in [6, 6.07) is 58.0. The molecule has 4 heterocycles. The van der Waals surface area contributed by atoms with Crippen molar-refractivity contribution in [3.63, 3.8) is 0 Å². The minimum Gasteiger partial charge on any atom is -0.454 e. The van der Waals surface area contributed by atoms with Crippen LogP contribution in [0.15, 0.2) is 199 Å². The first-order valence-corrected chi connectivity index (χ1v) is 21.5. The molecule has 63 heavy (non-hydrogen) atoms. The van der Waals surface area contributed by atoms with Crippen LogP contribution in [0.2, 0.25) is 0 Å². The molecule has 2 aliphatic carbocycles. The van der Waals surface area contributed by atoms with Crippen LogP contribution in [0.5, 0.6) is 0 Å². The van der Waals surface area contributed by atoms with Crippen molar-refractivity contribution < 1.29 is 4.42 Å². The summed E-state index contributed by atoms with van der Waals surface area (Å²) < 4.78 is 11.1. The zero-order valence-electron chi connectivity index (χ0n) is 33.9. The summed E-state index contributed by atoms with van der Waals surface area (Å²) in [5.41, 5.74) is 11.4. The fourth-order valence-corrected chi connectivity index (χ4v) is 10.5. The average Bonchev–Trinajstić information content (AvgIpc) is 4.01. The van der Waals surface area contributed by atoms with E-state index in [1.807, 2.05) is 12.1 Å². The van der Waals surface area contributed by atoms with Crippen LogP contribution in [0, 0.1) is 5.92 Å². The Balaban J connectivity index is 1.01. The molecule has 0 bridgehead atoms. The van der Waals surface area contributed by atoms with Gasteiger partial charge >= 0.3 is 0 Å². The van der Waals surface area contributed by atoms with E-state index in [1.165, 1.54) is 16.5 Å². The third-order valence-electron chi connectivity index (χ3n) is 13.3. The molecule has 4 aromatic heterocycles. The Morgan fingerprint density at radius 1 is 0.444 bits per heavy atom. The van der Waals surface area contributed by atoms with Gasteiger partial charge in [0.15, 0.2) is 17.2 Å². The number of nitrogens with zero attached hydrogens (tertiary/aromatic N) is 5. The molecule has 14 rings (SSSR count). The van der Waals surface area contributed by atoms with Gasteiger partial charge in [-0.15, -0.1) is 0 Å². The number of para-hydroxylation sites is 5. The van der Waals surface area contributed by atoms with E-state index >= 15 is 0 Å². The highest BCUT2D eigenvalue weighted by Crippen LogP contribution is 2.43. The number of fused-ring (bicyclic) bond motifs is 14. The Labute approximate surface area is 361 Å². The quantitative estimate of drug-likeness (QED) is 0.178. The maximum atomic E-state index is 6.63. The van der Waals surface area contributed by atoms with Crippen molar-refractivity contribution in [3.8, 4) is 34.4 Å². The number of hydrogen-bond donors (Lipinski definition) is 0. The lowest BCUT2D eigenvalue weighted by Gasteiger charge is -2.28. The van der Waals surface area contributed by atoms with Crippen LogP contribution < -0.4 is 0 Å². The molecule has 294 valence electrons. The molecule has 0 fully saturated rings. The molecule has 2 atom stereocenters. The second-order valence-electron chi connectivity index (χ2n) is 16.7. The molecule has 0 aliphatic heterocycles. The molecular weight excluding hydrogens is 771 g/mol. The van der Waals surface area contributed by atoms with E-state index < -0.39 is 0 Å². The Morgan fingerprint density at radius 3 is 1.83 bits per heavy atom. The van der Waals surface area contributed by atoms with E-state index in [-0.39, 0.29) is 0 Å². The van der Waals surface area contributed by atoms with Crippen LogP contribution in [0.1, 0.15) is 17.0 Å².